The molecule has 3 rings (SSSR count). The lowest BCUT2D eigenvalue weighted by Crippen LogP contribution is -2.12. The van der Waals surface area contributed by atoms with Gasteiger partial charge in [-0.2, -0.15) is 10.2 Å². The summed E-state index contributed by atoms with van der Waals surface area (Å²) in [6.45, 7) is 4.75. The molecule has 0 fully saturated rings. The molecule has 0 spiro atoms. The molecule has 0 saturated heterocycles. The van der Waals surface area contributed by atoms with Gasteiger partial charge in [-0.25, -0.2) is 9.67 Å². The highest BCUT2D eigenvalue weighted by molar-refractivity contribution is 5.81. The van der Waals surface area contributed by atoms with E-state index in [4.69, 9.17) is 5.73 Å². The highest BCUT2D eigenvalue weighted by atomic mass is 15.4. The molecule has 19 heavy (non-hydrogen) atoms. The van der Waals surface area contributed by atoms with Crippen molar-refractivity contribution in [3.05, 3.63) is 36.5 Å². The normalized spacial score (nSPS) is 11.5. The molecule has 0 aliphatic carbocycles. The van der Waals surface area contributed by atoms with Crippen molar-refractivity contribution >= 4 is 16.6 Å². The minimum Gasteiger partial charge on any atom is -0.399 e. The molecule has 0 aliphatic heterocycles. The second kappa shape index (κ2) is 4.38. The number of hydrogen-bond acceptors (Lipinski definition) is 4. The summed E-state index contributed by atoms with van der Waals surface area (Å²) in [5.74, 6) is 0.891. The van der Waals surface area contributed by atoms with Crippen molar-refractivity contribution in [1.29, 1.82) is 0 Å². The Bertz CT molecular complexity index is 709. The number of rotatable bonds is 3. The fraction of sp³-hybridized carbons (Fsp3) is 0.308. The van der Waals surface area contributed by atoms with Crippen LogP contribution in [0.3, 0.4) is 0 Å². The lowest BCUT2D eigenvalue weighted by atomic mass is 10.2. The summed E-state index contributed by atoms with van der Waals surface area (Å²) >= 11 is 0. The van der Waals surface area contributed by atoms with Gasteiger partial charge < -0.3 is 5.73 Å². The number of anilines is 1. The molecule has 0 atom stereocenters. The predicted molar refractivity (Wildman–Crippen MR) is 73.7 cm³/mol. The molecule has 2 aromatic heterocycles. The lowest BCUT2D eigenvalue weighted by molar-refractivity contribution is 0.491. The van der Waals surface area contributed by atoms with E-state index in [0.29, 0.717) is 6.54 Å². The molecule has 6 nitrogen and oxygen atoms in total. The second-order valence-corrected chi connectivity index (χ2v) is 4.84. The summed E-state index contributed by atoms with van der Waals surface area (Å²) in [5, 5.41) is 9.70. The average Bonchev–Trinajstić information content (AvgIpc) is 2.97. The molecule has 0 radical (unpaired) electrons. The van der Waals surface area contributed by atoms with E-state index in [1.54, 1.807) is 6.33 Å². The molecule has 0 aliphatic rings. The smallest absolute Gasteiger partial charge is 0.148 e. The first-order chi connectivity index (χ1) is 9.15. The number of nitrogens with two attached hydrogens (primary N) is 1. The Morgan fingerprint density at radius 3 is 2.89 bits per heavy atom. The molecular formula is C13H16N6. The highest BCUT2D eigenvalue weighted by Crippen LogP contribution is 2.18. The second-order valence-electron chi connectivity index (χ2n) is 4.84. The topological polar surface area (TPSA) is 74.5 Å². The summed E-state index contributed by atoms with van der Waals surface area (Å²) in [4.78, 5) is 4.30. The van der Waals surface area contributed by atoms with Crippen LogP contribution in [-0.4, -0.2) is 24.5 Å². The number of aromatic nitrogens is 5. The van der Waals surface area contributed by atoms with Crippen LogP contribution < -0.4 is 5.73 Å². The van der Waals surface area contributed by atoms with E-state index in [-0.39, 0.29) is 6.04 Å². The molecule has 2 heterocycles. The summed E-state index contributed by atoms with van der Waals surface area (Å²) in [6.07, 6.45) is 3.42. The van der Waals surface area contributed by atoms with Crippen LogP contribution in [0.2, 0.25) is 0 Å². The molecule has 1 aromatic carbocycles. The van der Waals surface area contributed by atoms with E-state index in [1.807, 2.05) is 33.8 Å². The van der Waals surface area contributed by atoms with Crippen molar-refractivity contribution in [2.75, 3.05) is 5.73 Å². The Balaban J connectivity index is 2.01. The van der Waals surface area contributed by atoms with Crippen molar-refractivity contribution in [3.8, 4) is 0 Å². The maximum absolute atomic E-state index is 5.83. The molecule has 2 N–H and O–H groups in total. The van der Waals surface area contributed by atoms with Gasteiger partial charge in [-0.15, -0.1) is 0 Å². The van der Waals surface area contributed by atoms with E-state index in [9.17, 15) is 0 Å². The Morgan fingerprint density at radius 2 is 2.11 bits per heavy atom. The molecule has 0 bridgehead atoms. The fourth-order valence-electron chi connectivity index (χ4n) is 2.17. The number of hydrogen-bond donors (Lipinski definition) is 1. The maximum Gasteiger partial charge on any atom is 0.148 e. The first-order valence-electron chi connectivity index (χ1n) is 6.24. The molecule has 0 amide bonds. The van der Waals surface area contributed by atoms with Gasteiger partial charge in [-0.1, -0.05) is 0 Å². The van der Waals surface area contributed by atoms with Gasteiger partial charge in [0.15, 0.2) is 0 Å². The first-order valence-corrected chi connectivity index (χ1v) is 6.24. The summed E-state index contributed by atoms with van der Waals surface area (Å²) in [7, 11) is 0. The summed E-state index contributed by atoms with van der Waals surface area (Å²) in [5.41, 5.74) is 7.58. The monoisotopic (exact) mass is 256 g/mol. The zero-order valence-corrected chi connectivity index (χ0v) is 11.0. The summed E-state index contributed by atoms with van der Waals surface area (Å²) < 4.78 is 3.80. The van der Waals surface area contributed by atoms with Crippen molar-refractivity contribution < 1.29 is 0 Å². The van der Waals surface area contributed by atoms with Crippen LogP contribution in [0.1, 0.15) is 25.7 Å². The van der Waals surface area contributed by atoms with Gasteiger partial charge in [0, 0.05) is 17.1 Å². The summed E-state index contributed by atoms with van der Waals surface area (Å²) in [6, 6.07) is 6.06. The largest absolute Gasteiger partial charge is 0.399 e. The lowest BCUT2D eigenvalue weighted by Gasteiger charge is -2.09. The Kier molecular flexibility index (Phi) is 2.70. The third-order valence-corrected chi connectivity index (χ3v) is 3.10. The van der Waals surface area contributed by atoms with E-state index < -0.39 is 0 Å². The van der Waals surface area contributed by atoms with Crippen LogP contribution in [0.25, 0.3) is 10.9 Å². The SMILES string of the molecule is CC(C)n1ncnc1Cn1ncc2ccc(N)cc21. The molecule has 6 heteroatoms. The molecule has 0 unspecified atom stereocenters. The van der Waals surface area contributed by atoms with Crippen LogP contribution in [-0.2, 0) is 6.54 Å². The number of nitrogens with zero attached hydrogens (tertiary/aromatic N) is 5. The van der Waals surface area contributed by atoms with E-state index in [0.717, 1.165) is 22.4 Å². The average molecular weight is 256 g/mol. The standard InChI is InChI=1S/C13H16N6/c1-9(2)19-13(15-8-17-19)7-18-12-5-11(14)4-3-10(12)6-16-18/h3-6,8-9H,7,14H2,1-2H3. The van der Waals surface area contributed by atoms with E-state index >= 15 is 0 Å². The van der Waals surface area contributed by atoms with Gasteiger partial charge in [-0.3, -0.25) is 4.68 Å². The highest BCUT2D eigenvalue weighted by Gasteiger charge is 2.10. The van der Waals surface area contributed by atoms with Crippen molar-refractivity contribution in [1.82, 2.24) is 24.5 Å². The van der Waals surface area contributed by atoms with Crippen LogP contribution in [0.5, 0.6) is 0 Å². The van der Waals surface area contributed by atoms with Gasteiger partial charge in [0.05, 0.1) is 11.7 Å². The van der Waals surface area contributed by atoms with Crippen LogP contribution >= 0.6 is 0 Å². The van der Waals surface area contributed by atoms with Gasteiger partial charge in [-0.05, 0) is 32.0 Å². The zero-order valence-electron chi connectivity index (χ0n) is 11.0. The number of fused-ring (bicyclic) bond motifs is 1. The number of nitrogen functional groups attached to an aromatic ring is 1. The zero-order chi connectivity index (χ0) is 13.4. The van der Waals surface area contributed by atoms with Gasteiger partial charge in [0.1, 0.15) is 18.7 Å². The van der Waals surface area contributed by atoms with Gasteiger partial charge in [0.25, 0.3) is 0 Å². The maximum atomic E-state index is 5.83. The van der Waals surface area contributed by atoms with Crippen molar-refractivity contribution in [3.63, 3.8) is 0 Å². The molecule has 3 aromatic rings. The van der Waals surface area contributed by atoms with Crippen molar-refractivity contribution in [2.45, 2.75) is 26.4 Å². The van der Waals surface area contributed by atoms with Gasteiger partial charge in [0.2, 0.25) is 0 Å². The van der Waals surface area contributed by atoms with Crippen LogP contribution in [0, 0.1) is 0 Å². The van der Waals surface area contributed by atoms with Crippen molar-refractivity contribution in [2.24, 2.45) is 0 Å². The van der Waals surface area contributed by atoms with Crippen LogP contribution in [0.15, 0.2) is 30.7 Å². The molecular weight excluding hydrogens is 240 g/mol. The first kappa shape index (κ1) is 11.7. The Labute approximate surface area is 110 Å². The van der Waals surface area contributed by atoms with E-state index in [2.05, 4.69) is 29.0 Å². The van der Waals surface area contributed by atoms with E-state index in [1.165, 1.54) is 0 Å². The van der Waals surface area contributed by atoms with Gasteiger partial charge >= 0.3 is 0 Å². The quantitative estimate of drug-likeness (QED) is 0.725. The fourth-order valence-corrected chi connectivity index (χ4v) is 2.17. The third-order valence-electron chi connectivity index (χ3n) is 3.10. The molecule has 98 valence electrons. The van der Waals surface area contributed by atoms with Crippen LogP contribution in [0.4, 0.5) is 5.69 Å². The Hall–Kier alpha value is -2.37. The predicted octanol–water partition coefficient (Wildman–Crippen LogP) is 1.84. The molecule has 0 saturated carbocycles. The minimum atomic E-state index is 0.282. The Morgan fingerprint density at radius 1 is 1.26 bits per heavy atom. The number of benzene rings is 1. The minimum absolute atomic E-state index is 0.282. The third kappa shape index (κ3) is 2.05.